The summed E-state index contributed by atoms with van der Waals surface area (Å²) in [5, 5.41) is 18.5. The van der Waals surface area contributed by atoms with Crippen LogP contribution in [0.15, 0.2) is 35.6 Å². The number of amides is 1. The number of aryl methyl sites for hydroxylation is 2. The van der Waals surface area contributed by atoms with Gasteiger partial charge in [-0.3, -0.25) is 9.48 Å². The fourth-order valence-corrected chi connectivity index (χ4v) is 1.79. The van der Waals surface area contributed by atoms with E-state index in [2.05, 4.69) is 15.6 Å². The number of nitrogens with zero attached hydrogens (tertiary/aromatic N) is 3. The standard InChI is InChI=1S/C13H15N5O2/c1-8-11(7-18(2)16-8)15-13(19)10-5-3-4-9(6-10)12(14)17-20/h3-7,20H,1-2H3,(H2,14,17)(H,15,19). The highest BCUT2D eigenvalue weighted by molar-refractivity contribution is 6.06. The third-order valence-electron chi connectivity index (χ3n) is 2.79. The molecule has 0 aliphatic carbocycles. The maximum Gasteiger partial charge on any atom is 0.255 e. The van der Waals surface area contributed by atoms with Crippen molar-refractivity contribution in [2.24, 2.45) is 17.9 Å². The van der Waals surface area contributed by atoms with Gasteiger partial charge in [-0.1, -0.05) is 17.3 Å². The molecule has 1 aromatic heterocycles. The molecule has 7 heteroatoms. The van der Waals surface area contributed by atoms with E-state index in [9.17, 15) is 4.79 Å². The van der Waals surface area contributed by atoms with Crippen LogP contribution in [0, 0.1) is 6.92 Å². The summed E-state index contributed by atoms with van der Waals surface area (Å²) in [6.07, 6.45) is 1.72. The number of carbonyl (C=O) groups excluding carboxylic acids is 1. The molecule has 0 aliphatic rings. The molecule has 0 bridgehead atoms. The summed E-state index contributed by atoms with van der Waals surface area (Å²) in [5.41, 5.74) is 7.76. The van der Waals surface area contributed by atoms with E-state index >= 15 is 0 Å². The molecule has 1 heterocycles. The van der Waals surface area contributed by atoms with Gasteiger partial charge in [-0.25, -0.2) is 0 Å². The average molecular weight is 273 g/mol. The monoisotopic (exact) mass is 273 g/mol. The maximum atomic E-state index is 12.1. The number of carbonyl (C=O) groups is 1. The van der Waals surface area contributed by atoms with Gasteiger partial charge in [-0.2, -0.15) is 5.10 Å². The highest BCUT2D eigenvalue weighted by Gasteiger charge is 2.11. The molecule has 1 aromatic carbocycles. The van der Waals surface area contributed by atoms with Crippen LogP contribution in [-0.2, 0) is 7.05 Å². The lowest BCUT2D eigenvalue weighted by molar-refractivity contribution is 0.102. The zero-order valence-electron chi connectivity index (χ0n) is 11.2. The minimum atomic E-state index is -0.284. The Labute approximate surface area is 115 Å². The molecule has 2 rings (SSSR count). The number of nitrogens with one attached hydrogen (secondary N) is 1. The van der Waals surface area contributed by atoms with Crippen molar-refractivity contribution in [1.29, 1.82) is 0 Å². The van der Waals surface area contributed by atoms with Gasteiger partial charge in [0.1, 0.15) is 0 Å². The van der Waals surface area contributed by atoms with Gasteiger partial charge < -0.3 is 16.3 Å². The number of aromatic nitrogens is 2. The van der Waals surface area contributed by atoms with Crippen LogP contribution in [-0.4, -0.2) is 26.7 Å². The molecule has 1 amide bonds. The summed E-state index contributed by atoms with van der Waals surface area (Å²) in [6.45, 7) is 1.81. The summed E-state index contributed by atoms with van der Waals surface area (Å²) in [4.78, 5) is 12.1. The first-order valence-corrected chi connectivity index (χ1v) is 5.91. The maximum absolute atomic E-state index is 12.1. The molecule has 0 saturated heterocycles. The second-order valence-corrected chi connectivity index (χ2v) is 4.32. The fourth-order valence-electron chi connectivity index (χ4n) is 1.79. The quantitative estimate of drug-likeness (QED) is 0.336. The van der Waals surface area contributed by atoms with Crippen molar-refractivity contribution >= 4 is 17.4 Å². The lowest BCUT2D eigenvalue weighted by atomic mass is 10.1. The smallest absolute Gasteiger partial charge is 0.255 e. The van der Waals surface area contributed by atoms with Gasteiger partial charge in [-0.15, -0.1) is 0 Å². The van der Waals surface area contributed by atoms with Crippen molar-refractivity contribution in [3.63, 3.8) is 0 Å². The summed E-state index contributed by atoms with van der Waals surface area (Å²) >= 11 is 0. The van der Waals surface area contributed by atoms with Gasteiger partial charge >= 0.3 is 0 Å². The number of anilines is 1. The topological polar surface area (TPSA) is 106 Å². The van der Waals surface area contributed by atoms with E-state index in [1.54, 1.807) is 42.2 Å². The van der Waals surface area contributed by atoms with Crippen LogP contribution in [0.2, 0.25) is 0 Å². The van der Waals surface area contributed by atoms with Crippen LogP contribution >= 0.6 is 0 Å². The van der Waals surface area contributed by atoms with Crippen molar-refractivity contribution < 1.29 is 10.0 Å². The van der Waals surface area contributed by atoms with Crippen LogP contribution in [0.5, 0.6) is 0 Å². The van der Waals surface area contributed by atoms with E-state index in [1.807, 2.05) is 6.92 Å². The second kappa shape index (κ2) is 5.43. The van der Waals surface area contributed by atoms with Crippen molar-refractivity contribution in [1.82, 2.24) is 9.78 Å². The molecule has 104 valence electrons. The van der Waals surface area contributed by atoms with Crippen molar-refractivity contribution in [2.45, 2.75) is 6.92 Å². The molecular formula is C13H15N5O2. The van der Waals surface area contributed by atoms with Gasteiger partial charge in [0.25, 0.3) is 5.91 Å². The van der Waals surface area contributed by atoms with Crippen LogP contribution in [0.4, 0.5) is 5.69 Å². The average Bonchev–Trinajstić information content (AvgIpc) is 2.76. The van der Waals surface area contributed by atoms with Crippen molar-refractivity contribution in [3.8, 4) is 0 Å². The normalized spacial score (nSPS) is 11.4. The molecule has 7 nitrogen and oxygen atoms in total. The number of rotatable bonds is 3. The van der Waals surface area contributed by atoms with Gasteiger partial charge in [0, 0.05) is 24.4 Å². The molecular weight excluding hydrogens is 258 g/mol. The molecule has 0 radical (unpaired) electrons. The first-order valence-electron chi connectivity index (χ1n) is 5.91. The summed E-state index contributed by atoms with van der Waals surface area (Å²) in [7, 11) is 1.78. The minimum Gasteiger partial charge on any atom is -0.409 e. The number of nitrogens with two attached hydrogens (primary N) is 1. The lowest BCUT2D eigenvalue weighted by Crippen LogP contribution is -2.16. The predicted molar refractivity (Wildman–Crippen MR) is 74.9 cm³/mol. The third kappa shape index (κ3) is 2.77. The highest BCUT2D eigenvalue weighted by Crippen LogP contribution is 2.14. The third-order valence-corrected chi connectivity index (χ3v) is 2.79. The van der Waals surface area contributed by atoms with Gasteiger partial charge in [0.2, 0.25) is 0 Å². The lowest BCUT2D eigenvalue weighted by Gasteiger charge is -2.05. The van der Waals surface area contributed by atoms with E-state index in [1.165, 1.54) is 0 Å². The Morgan fingerprint density at radius 3 is 2.75 bits per heavy atom. The van der Waals surface area contributed by atoms with Gasteiger partial charge in [0.15, 0.2) is 5.84 Å². The van der Waals surface area contributed by atoms with E-state index < -0.39 is 0 Å². The molecule has 20 heavy (non-hydrogen) atoms. The Kier molecular flexibility index (Phi) is 3.69. The number of hydrogen-bond acceptors (Lipinski definition) is 4. The number of oxime groups is 1. The van der Waals surface area contributed by atoms with Crippen LogP contribution in [0.3, 0.4) is 0 Å². The van der Waals surface area contributed by atoms with Crippen molar-refractivity contribution in [2.75, 3.05) is 5.32 Å². The largest absolute Gasteiger partial charge is 0.409 e. The Morgan fingerprint density at radius 2 is 2.15 bits per heavy atom. The van der Waals surface area contributed by atoms with E-state index in [-0.39, 0.29) is 11.7 Å². The van der Waals surface area contributed by atoms with Crippen molar-refractivity contribution in [3.05, 3.63) is 47.3 Å². The van der Waals surface area contributed by atoms with E-state index in [0.29, 0.717) is 16.8 Å². The Balaban J connectivity index is 2.23. The van der Waals surface area contributed by atoms with Gasteiger partial charge in [0.05, 0.1) is 11.4 Å². The highest BCUT2D eigenvalue weighted by atomic mass is 16.4. The molecule has 0 fully saturated rings. The Morgan fingerprint density at radius 1 is 1.45 bits per heavy atom. The number of amidine groups is 1. The number of hydrogen-bond donors (Lipinski definition) is 3. The molecule has 0 atom stereocenters. The zero-order valence-corrected chi connectivity index (χ0v) is 11.2. The Bertz CT molecular complexity index is 675. The molecule has 0 unspecified atom stereocenters. The number of benzene rings is 1. The molecule has 0 spiro atoms. The predicted octanol–water partition coefficient (Wildman–Crippen LogP) is 1.08. The summed E-state index contributed by atoms with van der Waals surface area (Å²) in [6, 6.07) is 6.52. The van der Waals surface area contributed by atoms with Crippen LogP contribution in [0.25, 0.3) is 0 Å². The first-order chi connectivity index (χ1) is 9.51. The zero-order chi connectivity index (χ0) is 14.7. The van der Waals surface area contributed by atoms with E-state index in [0.717, 1.165) is 5.69 Å². The second-order valence-electron chi connectivity index (χ2n) is 4.32. The molecule has 4 N–H and O–H groups in total. The van der Waals surface area contributed by atoms with Crippen LogP contribution in [0.1, 0.15) is 21.6 Å². The molecule has 0 aliphatic heterocycles. The Hall–Kier alpha value is -2.83. The van der Waals surface area contributed by atoms with Crippen LogP contribution < -0.4 is 11.1 Å². The summed E-state index contributed by atoms with van der Waals surface area (Å²) < 4.78 is 1.62. The summed E-state index contributed by atoms with van der Waals surface area (Å²) in [5.74, 6) is -0.328. The minimum absolute atomic E-state index is 0.0443. The van der Waals surface area contributed by atoms with E-state index in [4.69, 9.17) is 10.9 Å². The SMILES string of the molecule is Cc1nn(C)cc1NC(=O)c1cccc(/C(N)=N/O)c1. The first kappa shape index (κ1) is 13.6. The molecule has 2 aromatic rings. The fraction of sp³-hybridized carbons (Fsp3) is 0.154. The van der Waals surface area contributed by atoms with Gasteiger partial charge in [-0.05, 0) is 19.1 Å². The molecule has 0 saturated carbocycles.